The monoisotopic (exact) mass is 338 g/mol. The molecule has 124 valence electrons. The highest BCUT2D eigenvalue weighted by atomic mass is 32.2. The van der Waals surface area contributed by atoms with Crippen LogP contribution in [-0.4, -0.2) is 50.7 Å². The van der Waals surface area contributed by atoms with E-state index in [0.717, 1.165) is 0 Å². The summed E-state index contributed by atoms with van der Waals surface area (Å²) in [6, 6.07) is 0. The van der Waals surface area contributed by atoms with Gasteiger partial charge in [-0.3, -0.25) is 9.59 Å². The molecule has 0 aliphatic rings. The molecule has 2 aromatic rings. The first-order valence-electron chi connectivity index (χ1n) is 7.12. The fourth-order valence-corrected chi connectivity index (χ4v) is 2.63. The highest BCUT2D eigenvalue weighted by molar-refractivity contribution is 8.00. The molecule has 0 spiro atoms. The van der Waals surface area contributed by atoms with Crippen molar-refractivity contribution < 1.29 is 14.3 Å². The fourth-order valence-electron chi connectivity index (χ4n) is 1.81. The zero-order valence-corrected chi connectivity index (χ0v) is 13.5. The van der Waals surface area contributed by atoms with Crippen LogP contribution < -0.4 is 11.1 Å². The number of nitrogens with two attached hydrogens (primary N) is 1. The molecule has 23 heavy (non-hydrogen) atoms. The summed E-state index contributed by atoms with van der Waals surface area (Å²) >= 11 is 1.24. The Labute approximate surface area is 136 Å². The number of hydrogen-bond acceptors (Lipinski definition) is 8. The van der Waals surface area contributed by atoms with Crippen molar-refractivity contribution >= 4 is 40.8 Å². The van der Waals surface area contributed by atoms with E-state index in [0.29, 0.717) is 42.2 Å². The smallest absolute Gasteiger partial charge is 0.305 e. The molecule has 0 radical (unpaired) electrons. The zero-order valence-electron chi connectivity index (χ0n) is 12.7. The maximum atomic E-state index is 11.8. The number of aromatic nitrogens is 4. The van der Waals surface area contributed by atoms with Crippen LogP contribution in [0.5, 0.6) is 0 Å². The Hall–Kier alpha value is -2.36. The van der Waals surface area contributed by atoms with Gasteiger partial charge in [0.1, 0.15) is 10.5 Å². The summed E-state index contributed by atoms with van der Waals surface area (Å²) < 4.78 is 4.81. The average molecular weight is 338 g/mol. The van der Waals surface area contributed by atoms with E-state index in [1.54, 1.807) is 6.92 Å². The second kappa shape index (κ2) is 8.32. The number of imidazole rings is 1. The van der Waals surface area contributed by atoms with Crippen LogP contribution in [0.15, 0.2) is 11.4 Å². The minimum Gasteiger partial charge on any atom is -0.466 e. The van der Waals surface area contributed by atoms with Crippen molar-refractivity contribution in [3.8, 4) is 0 Å². The van der Waals surface area contributed by atoms with Gasteiger partial charge in [-0.1, -0.05) is 11.8 Å². The molecule has 9 nitrogen and oxygen atoms in total. The van der Waals surface area contributed by atoms with Crippen molar-refractivity contribution in [2.24, 2.45) is 0 Å². The largest absolute Gasteiger partial charge is 0.466 e. The van der Waals surface area contributed by atoms with E-state index in [1.807, 2.05) is 0 Å². The Morgan fingerprint density at radius 2 is 2.26 bits per heavy atom. The van der Waals surface area contributed by atoms with E-state index in [1.165, 1.54) is 18.1 Å². The Bertz CT molecular complexity index is 689. The number of nitrogen functional groups attached to an aromatic ring is 1. The first-order chi connectivity index (χ1) is 11.1. The van der Waals surface area contributed by atoms with Gasteiger partial charge in [-0.25, -0.2) is 9.97 Å². The van der Waals surface area contributed by atoms with Crippen molar-refractivity contribution in [2.75, 3.05) is 24.6 Å². The summed E-state index contributed by atoms with van der Waals surface area (Å²) in [4.78, 5) is 38.0. The molecule has 0 aromatic carbocycles. The number of hydrogen-bond donors (Lipinski definition) is 3. The number of carbonyl (C=O) groups excluding carboxylic acids is 2. The summed E-state index contributed by atoms with van der Waals surface area (Å²) in [6.07, 6.45) is 2.33. The van der Waals surface area contributed by atoms with Gasteiger partial charge in [-0.2, -0.15) is 4.98 Å². The molecule has 0 atom stereocenters. The summed E-state index contributed by atoms with van der Waals surface area (Å²) in [6.45, 7) is 2.54. The van der Waals surface area contributed by atoms with E-state index in [4.69, 9.17) is 10.5 Å². The summed E-state index contributed by atoms with van der Waals surface area (Å²) in [5.41, 5.74) is 6.73. The second-order valence-corrected chi connectivity index (χ2v) is 5.50. The van der Waals surface area contributed by atoms with Crippen molar-refractivity contribution in [2.45, 2.75) is 24.8 Å². The second-order valence-electron chi connectivity index (χ2n) is 4.54. The molecule has 0 aliphatic carbocycles. The van der Waals surface area contributed by atoms with Crippen LogP contribution in [0.1, 0.15) is 19.8 Å². The van der Waals surface area contributed by atoms with Crippen molar-refractivity contribution in [3.05, 3.63) is 6.33 Å². The Balaban J connectivity index is 1.76. The standard InChI is InChI=1S/C13H18N6O3S/c1-2-22-9(21)4-3-5-15-8(20)6-23-12-10-11(17-7-16-10)18-13(14)19-12/h7H,2-6H2,1H3,(H,15,20)(H3,14,16,17,18,19). The van der Waals surface area contributed by atoms with Crippen LogP contribution in [0.4, 0.5) is 5.95 Å². The molecule has 10 heteroatoms. The van der Waals surface area contributed by atoms with E-state index in [2.05, 4.69) is 25.3 Å². The van der Waals surface area contributed by atoms with Gasteiger partial charge >= 0.3 is 5.97 Å². The fraction of sp³-hybridized carbons (Fsp3) is 0.462. The van der Waals surface area contributed by atoms with Crippen LogP contribution in [0.3, 0.4) is 0 Å². The quantitative estimate of drug-likeness (QED) is 0.274. The number of H-pyrrole nitrogens is 1. The third kappa shape index (κ3) is 5.09. The molecule has 1 amide bonds. The lowest BCUT2D eigenvalue weighted by atomic mass is 10.3. The van der Waals surface area contributed by atoms with Crippen LogP contribution in [0.2, 0.25) is 0 Å². The number of anilines is 1. The highest BCUT2D eigenvalue weighted by Crippen LogP contribution is 2.23. The lowest BCUT2D eigenvalue weighted by Crippen LogP contribution is -2.26. The maximum Gasteiger partial charge on any atom is 0.305 e. The molecule has 2 heterocycles. The van der Waals surface area contributed by atoms with Crippen LogP contribution >= 0.6 is 11.8 Å². The predicted octanol–water partition coefficient (Wildman–Crippen LogP) is 0.487. The van der Waals surface area contributed by atoms with Crippen molar-refractivity contribution in [3.63, 3.8) is 0 Å². The molecule has 0 unspecified atom stereocenters. The molecule has 0 fully saturated rings. The molecule has 4 N–H and O–H groups in total. The molecular weight excluding hydrogens is 320 g/mol. The van der Waals surface area contributed by atoms with E-state index in [9.17, 15) is 9.59 Å². The zero-order chi connectivity index (χ0) is 16.7. The number of fused-ring (bicyclic) bond motifs is 1. The Morgan fingerprint density at radius 1 is 1.43 bits per heavy atom. The summed E-state index contributed by atoms with van der Waals surface area (Å²) in [7, 11) is 0. The van der Waals surface area contributed by atoms with Gasteiger partial charge in [0.05, 0.1) is 18.7 Å². The summed E-state index contributed by atoms with van der Waals surface area (Å²) in [5, 5.41) is 3.31. The molecule has 2 rings (SSSR count). The first-order valence-corrected chi connectivity index (χ1v) is 8.10. The number of thioether (sulfide) groups is 1. The molecule has 0 saturated heterocycles. The Morgan fingerprint density at radius 3 is 3.04 bits per heavy atom. The molecule has 2 aromatic heterocycles. The average Bonchev–Trinajstić information content (AvgIpc) is 2.97. The SMILES string of the molecule is CCOC(=O)CCCNC(=O)CSc1nc(N)nc2nc[nH]c12. The van der Waals surface area contributed by atoms with Gasteiger partial charge < -0.3 is 20.8 Å². The van der Waals surface area contributed by atoms with Gasteiger partial charge in [0.25, 0.3) is 0 Å². The van der Waals surface area contributed by atoms with Crippen LogP contribution in [0, 0.1) is 0 Å². The predicted molar refractivity (Wildman–Crippen MR) is 85.7 cm³/mol. The van der Waals surface area contributed by atoms with E-state index < -0.39 is 0 Å². The number of nitrogens with zero attached hydrogens (tertiary/aromatic N) is 3. The number of nitrogens with one attached hydrogen (secondary N) is 2. The molecule has 0 saturated carbocycles. The third-order valence-electron chi connectivity index (χ3n) is 2.79. The van der Waals surface area contributed by atoms with E-state index in [-0.39, 0.29) is 23.6 Å². The number of carbonyl (C=O) groups is 2. The van der Waals surface area contributed by atoms with Gasteiger partial charge in [0, 0.05) is 13.0 Å². The van der Waals surface area contributed by atoms with Gasteiger partial charge in [-0.15, -0.1) is 0 Å². The number of amides is 1. The van der Waals surface area contributed by atoms with Gasteiger partial charge in [0.15, 0.2) is 5.65 Å². The van der Waals surface area contributed by atoms with Crippen LogP contribution in [-0.2, 0) is 14.3 Å². The molecular formula is C13H18N6O3S. The minimum atomic E-state index is -0.255. The normalized spacial score (nSPS) is 10.7. The lowest BCUT2D eigenvalue weighted by Gasteiger charge is -2.05. The summed E-state index contributed by atoms with van der Waals surface area (Å²) in [5.74, 6) is -0.107. The third-order valence-corrected chi connectivity index (χ3v) is 3.77. The number of rotatable bonds is 8. The van der Waals surface area contributed by atoms with Gasteiger partial charge in [0.2, 0.25) is 11.9 Å². The highest BCUT2D eigenvalue weighted by Gasteiger charge is 2.11. The Kier molecular flexibility index (Phi) is 6.15. The molecule has 0 bridgehead atoms. The van der Waals surface area contributed by atoms with Crippen LogP contribution in [0.25, 0.3) is 11.2 Å². The number of aromatic amines is 1. The molecule has 0 aliphatic heterocycles. The maximum absolute atomic E-state index is 11.8. The van der Waals surface area contributed by atoms with Crippen molar-refractivity contribution in [1.82, 2.24) is 25.3 Å². The lowest BCUT2D eigenvalue weighted by molar-refractivity contribution is -0.143. The first kappa shape index (κ1) is 17.0. The topological polar surface area (TPSA) is 136 Å². The van der Waals surface area contributed by atoms with Gasteiger partial charge in [-0.05, 0) is 13.3 Å². The number of ether oxygens (including phenoxy) is 1. The number of esters is 1. The van der Waals surface area contributed by atoms with E-state index >= 15 is 0 Å². The van der Waals surface area contributed by atoms with Crippen molar-refractivity contribution in [1.29, 1.82) is 0 Å². The minimum absolute atomic E-state index is 0.113.